The van der Waals surface area contributed by atoms with Gasteiger partial charge in [-0.25, -0.2) is 0 Å². The average Bonchev–Trinajstić information content (AvgIpc) is 3.02. The van der Waals surface area contributed by atoms with E-state index in [-0.39, 0.29) is 29.1 Å². The lowest BCUT2D eigenvalue weighted by molar-refractivity contribution is -0.303. The van der Waals surface area contributed by atoms with Crippen LogP contribution in [-0.2, 0) is 19.1 Å². The molecule has 266 valence electrons. The monoisotopic (exact) mass is 664 g/mol. The van der Waals surface area contributed by atoms with Gasteiger partial charge in [-0.2, -0.15) is 0 Å². The molecule has 6 rings (SSSR count). The van der Waals surface area contributed by atoms with Crippen LogP contribution in [0, 0.1) is 56.7 Å². The number of hydrogen-bond acceptors (Lipinski definition) is 11. The highest BCUT2D eigenvalue weighted by molar-refractivity contribution is 5.78. The zero-order valence-corrected chi connectivity index (χ0v) is 28.6. The van der Waals surface area contributed by atoms with E-state index < -0.39 is 88.7 Å². The molecular formula is C36H56O11. The van der Waals surface area contributed by atoms with E-state index >= 15 is 0 Å². The number of esters is 1. The average molecular weight is 665 g/mol. The topological polar surface area (TPSA) is 194 Å². The second-order valence-corrected chi connectivity index (χ2v) is 17.4. The van der Waals surface area contributed by atoms with Gasteiger partial charge in [0, 0.05) is 5.92 Å². The van der Waals surface area contributed by atoms with Crippen LogP contribution in [0.2, 0.25) is 0 Å². The molecule has 4 saturated carbocycles. The molecule has 6 aliphatic rings. The first-order valence-electron chi connectivity index (χ1n) is 17.5. The lowest BCUT2D eigenvalue weighted by Gasteiger charge is -2.72. The Kier molecular flexibility index (Phi) is 8.50. The second kappa shape index (κ2) is 11.3. The fourth-order valence-electron chi connectivity index (χ4n) is 12.3. The van der Waals surface area contributed by atoms with E-state index in [0.29, 0.717) is 38.5 Å². The standard InChI is InChI=1S/C36H56O11/c1-18-9-12-36(30(44)47-29-26(42)25(41)24(40)21(16-37)46-29)14-13-33(4)19(27(36)35(18,6)45)7-8-23-31(2)15-20(39)28(43)32(3,17-38)22(31)10-11-34(23,33)5/h7-8,17-29,37,39-43,45H,9-16H2,1-6H3/t18-,19-,20-,21-,22-,23-,24-,25+,26-,27-,28+,29+,31+,32+,33-,34-,35-,36+/m1/s1. The van der Waals surface area contributed by atoms with Gasteiger partial charge in [-0.3, -0.25) is 4.79 Å². The van der Waals surface area contributed by atoms with Crippen LogP contribution in [-0.4, -0.2) is 103 Å². The van der Waals surface area contributed by atoms with E-state index in [1.54, 1.807) is 13.8 Å². The van der Waals surface area contributed by atoms with Gasteiger partial charge in [0.25, 0.3) is 0 Å². The van der Waals surface area contributed by atoms with Crippen molar-refractivity contribution in [2.45, 2.75) is 135 Å². The molecule has 5 fully saturated rings. The number of carbonyl (C=O) groups excluding carboxylic acids is 2. The molecule has 0 unspecified atom stereocenters. The van der Waals surface area contributed by atoms with E-state index in [9.17, 15) is 45.3 Å². The molecule has 0 amide bonds. The van der Waals surface area contributed by atoms with Gasteiger partial charge in [0.1, 0.15) is 30.7 Å². The van der Waals surface area contributed by atoms with E-state index in [1.807, 2.05) is 6.92 Å². The van der Waals surface area contributed by atoms with E-state index in [2.05, 4.69) is 32.9 Å². The third kappa shape index (κ3) is 4.52. The van der Waals surface area contributed by atoms with Gasteiger partial charge in [0.15, 0.2) is 0 Å². The normalized spacial score (nSPS) is 58.7. The number of aliphatic hydroxyl groups is 7. The van der Waals surface area contributed by atoms with Crippen molar-refractivity contribution in [1.29, 1.82) is 0 Å². The number of aldehydes is 1. The highest BCUT2D eigenvalue weighted by atomic mass is 16.7. The largest absolute Gasteiger partial charge is 0.432 e. The summed E-state index contributed by atoms with van der Waals surface area (Å²) in [5, 5.41) is 75.5. The molecule has 0 aromatic carbocycles. The number of ether oxygens (including phenoxy) is 2. The van der Waals surface area contributed by atoms with Crippen molar-refractivity contribution in [1.82, 2.24) is 0 Å². The van der Waals surface area contributed by atoms with Gasteiger partial charge in [0.05, 0.1) is 35.2 Å². The van der Waals surface area contributed by atoms with Crippen LogP contribution >= 0.6 is 0 Å². The third-order valence-corrected chi connectivity index (χ3v) is 15.5. The van der Waals surface area contributed by atoms with Crippen molar-refractivity contribution in [2.75, 3.05) is 6.61 Å². The number of fused-ring (bicyclic) bond motifs is 7. The highest BCUT2D eigenvalue weighted by Crippen LogP contribution is 2.76. The summed E-state index contributed by atoms with van der Waals surface area (Å²) in [5.41, 5.74) is -4.68. The molecule has 1 heterocycles. The van der Waals surface area contributed by atoms with Gasteiger partial charge < -0.3 is 50.0 Å². The maximum atomic E-state index is 14.5. The Labute approximate surface area is 277 Å². The van der Waals surface area contributed by atoms with Crippen molar-refractivity contribution in [3.8, 4) is 0 Å². The molecule has 47 heavy (non-hydrogen) atoms. The Hall–Kier alpha value is -1.44. The van der Waals surface area contributed by atoms with Gasteiger partial charge in [-0.05, 0) is 91.8 Å². The first-order chi connectivity index (χ1) is 21.8. The van der Waals surface area contributed by atoms with E-state index in [4.69, 9.17) is 9.47 Å². The quantitative estimate of drug-likeness (QED) is 0.131. The number of aliphatic hydroxyl groups excluding tert-OH is 6. The number of carbonyl (C=O) groups is 2. The minimum absolute atomic E-state index is 0.0315. The first-order valence-corrected chi connectivity index (χ1v) is 17.5. The van der Waals surface area contributed by atoms with Crippen molar-refractivity contribution < 1.29 is 54.8 Å². The van der Waals surface area contributed by atoms with Crippen LogP contribution in [0.25, 0.3) is 0 Å². The summed E-state index contributed by atoms with van der Waals surface area (Å²) < 4.78 is 11.4. The molecule has 18 atom stereocenters. The SMILES string of the molecule is C[C@@H]1CC[C@]2(C(=O)O[C@@H]3O[C@H](CO)[C@@H](O)[C@H](O)[C@H]3O)CC[C@]3(C)[C@H](C=C[C@@H]4[C@@]5(C)C[C@@H](O)[C@H](O)[C@@](C)(C=O)[C@@H]5CC[C@]43C)[C@@H]2[C@]1(C)O. The zero-order chi connectivity index (χ0) is 34.7. The number of allylic oxidation sites excluding steroid dienone is 2. The number of hydrogen-bond donors (Lipinski definition) is 7. The van der Waals surface area contributed by atoms with Crippen molar-refractivity contribution in [3.05, 3.63) is 12.2 Å². The molecule has 0 aromatic heterocycles. The maximum Gasteiger partial charge on any atom is 0.314 e. The molecule has 11 heteroatoms. The fraction of sp³-hybridized carbons (Fsp3) is 0.889. The molecule has 0 spiro atoms. The summed E-state index contributed by atoms with van der Waals surface area (Å²) in [5.74, 6) is -1.73. The Morgan fingerprint density at radius 2 is 1.60 bits per heavy atom. The minimum Gasteiger partial charge on any atom is -0.432 e. The molecule has 1 saturated heterocycles. The fourth-order valence-corrected chi connectivity index (χ4v) is 12.3. The van der Waals surface area contributed by atoms with Gasteiger partial charge >= 0.3 is 5.97 Å². The third-order valence-electron chi connectivity index (χ3n) is 15.5. The van der Waals surface area contributed by atoms with Gasteiger partial charge in [-0.1, -0.05) is 46.8 Å². The van der Waals surface area contributed by atoms with E-state index in [0.717, 1.165) is 12.7 Å². The van der Waals surface area contributed by atoms with Crippen LogP contribution in [0.5, 0.6) is 0 Å². The molecule has 0 radical (unpaired) electrons. The molecule has 7 N–H and O–H groups in total. The molecule has 5 aliphatic carbocycles. The van der Waals surface area contributed by atoms with Crippen molar-refractivity contribution >= 4 is 12.3 Å². The van der Waals surface area contributed by atoms with E-state index in [1.165, 1.54) is 0 Å². The zero-order valence-electron chi connectivity index (χ0n) is 28.6. The maximum absolute atomic E-state index is 14.5. The second-order valence-electron chi connectivity index (χ2n) is 17.4. The predicted octanol–water partition coefficient (Wildman–Crippen LogP) is 1.47. The lowest BCUT2D eigenvalue weighted by Crippen LogP contribution is -2.71. The van der Waals surface area contributed by atoms with Crippen LogP contribution in [0.15, 0.2) is 12.2 Å². The Bertz CT molecular complexity index is 1290. The van der Waals surface area contributed by atoms with Gasteiger partial charge in [0.2, 0.25) is 6.29 Å². The Balaban J connectivity index is 1.40. The molecule has 1 aliphatic heterocycles. The smallest absolute Gasteiger partial charge is 0.314 e. The summed E-state index contributed by atoms with van der Waals surface area (Å²) in [6.45, 7) is 11.6. The summed E-state index contributed by atoms with van der Waals surface area (Å²) >= 11 is 0. The highest BCUT2D eigenvalue weighted by Gasteiger charge is 2.73. The minimum atomic E-state index is -1.73. The van der Waals surface area contributed by atoms with Crippen molar-refractivity contribution in [2.24, 2.45) is 56.7 Å². The Morgan fingerprint density at radius 1 is 0.915 bits per heavy atom. The van der Waals surface area contributed by atoms with Gasteiger partial charge in [-0.15, -0.1) is 0 Å². The summed E-state index contributed by atoms with van der Waals surface area (Å²) in [7, 11) is 0. The molecule has 0 bridgehead atoms. The first kappa shape index (κ1) is 35.4. The number of rotatable bonds is 4. The van der Waals surface area contributed by atoms with Crippen molar-refractivity contribution in [3.63, 3.8) is 0 Å². The van der Waals surface area contributed by atoms with Crippen LogP contribution in [0.1, 0.15) is 86.5 Å². The summed E-state index contributed by atoms with van der Waals surface area (Å²) in [6.07, 6.45) is -0.920. The van der Waals surface area contributed by atoms with Crippen LogP contribution < -0.4 is 0 Å². The molecule has 11 nitrogen and oxygen atoms in total. The van der Waals surface area contributed by atoms with Crippen LogP contribution in [0.3, 0.4) is 0 Å². The molecule has 0 aromatic rings. The Morgan fingerprint density at radius 3 is 2.23 bits per heavy atom. The summed E-state index contributed by atoms with van der Waals surface area (Å²) in [4.78, 5) is 27.0. The lowest BCUT2D eigenvalue weighted by atomic mass is 9.32. The van der Waals surface area contributed by atoms with Crippen LogP contribution in [0.4, 0.5) is 0 Å². The molecular weight excluding hydrogens is 608 g/mol. The summed E-state index contributed by atoms with van der Waals surface area (Å²) in [6, 6.07) is 0. The predicted molar refractivity (Wildman–Crippen MR) is 168 cm³/mol.